The zero-order chi connectivity index (χ0) is 18.3. The number of hydrogen-bond donors (Lipinski definition) is 1. The third kappa shape index (κ3) is 6.05. The van der Waals surface area contributed by atoms with Crippen molar-refractivity contribution in [2.75, 3.05) is 39.1 Å². The molecule has 0 spiro atoms. The van der Waals surface area contributed by atoms with Crippen LogP contribution in [0.1, 0.15) is 18.4 Å². The Hall–Kier alpha value is -1.51. The first-order chi connectivity index (χ1) is 11.9. The van der Waals surface area contributed by atoms with Crippen molar-refractivity contribution in [1.82, 2.24) is 9.62 Å². The molecule has 1 N–H and O–H groups in total. The van der Waals surface area contributed by atoms with E-state index in [9.17, 15) is 17.6 Å². The van der Waals surface area contributed by atoms with Crippen LogP contribution >= 0.6 is 0 Å². The van der Waals surface area contributed by atoms with Crippen LogP contribution in [-0.4, -0.2) is 57.7 Å². The highest BCUT2D eigenvalue weighted by atomic mass is 32.2. The van der Waals surface area contributed by atoms with E-state index in [1.54, 1.807) is 12.1 Å². The Balaban J connectivity index is 1.81. The van der Waals surface area contributed by atoms with Gasteiger partial charge < -0.3 is 10.1 Å². The Morgan fingerprint density at radius 1 is 1.36 bits per heavy atom. The van der Waals surface area contributed by atoms with Crippen LogP contribution in [0.3, 0.4) is 0 Å². The largest absolute Gasteiger partial charge is 0.384 e. The van der Waals surface area contributed by atoms with Crippen molar-refractivity contribution in [3.05, 3.63) is 35.6 Å². The van der Waals surface area contributed by atoms with E-state index in [-0.39, 0.29) is 36.5 Å². The summed E-state index contributed by atoms with van der Waals surface area (Å²) >= 11 is 0. The molecular formula is C17H25FN2O4S. The molecule has 1 aliphatic rings. The summed E-state index contributed by atoms with van der Waals surface area (Å²) in [6.45, 7) is 1.25. The van der Waals surface area contributed by atoms with Crippen LogP contribution in [0, 0.1) is 11.7 Å². The molecule has 1 heterocycles. The predicted molar refractivity (Wildman–Crippen MR) is 93.1 cm³/mol. The standard InChI is InChI=1S/C17H25FN2O4S/c1-24-11-12-25(22,23)20-10-2-3-15(13-20)17(21)19-9-8-14-4-6-16(18)7-5-14/h4-7,15H,2-3,8-13H2,1H3,(H,19,21). The number of halogens is 1. The minimum atomic E-state index is -3.39. The second kappa shape index (κ2) is 9.26. The molecule has 1 aromatic carbocycles. The number of hydrogen-bond acceptors (Lipinski definition) is 4. The van der Waals surface area contributed by atoms with Crippen molar-refractivity contribution < 1.29 is 22.3 Å². The first-order valence-electron chi connectivity index (χ1n) is 8.41. The van der Waals surface area contributed by atoms with Crippen molar-refractivity contribution in [3.8, 4) is 0 Å². The van der Waals surface area contributed by atoms with Gasteiger partial charge in [0.2, 0.25) is 15.9 Å². The second-order valence-corrected chi connectivity index (χ2v) is 8.26. The van der Waals surface area contributed by atoms with Gasteiger partial charge in [0.15, 0.2) is 0 Å². The maximum absolute atomic E-state index is 12.9. The fourth-order valence-corrected chi connectivity index (χ4v) is 4.30. The van der Waals surface area contributed by atoms with Gasteiger partial charge in [-0.05, 0) is 37.0 Å². The number of methoxy groups -OCH3 is 1. The first kappa shape index (κ1) is 19.8. The summed E-state index contributed by atoms with van der Waals surface area (Å²) in [5.74, 6) is -0.819. The molecule has 1 atom stereocenters. The number of amides is 1. The lowest BCUT2D eigenvalue weighted by atomic mass is 9.99. The van der Waals surface area contributed by atoms with Crippen molar-refractivity contribution in [3.63, 3.8) is 0 Å². The van der Waals surface area contributed by atoms with Gasteiger partial charge >= 0.3 is 0 Å². The predicted octanol–water partition coefficient (Wildman–Crippen LogP) is 1.17. The van der Waals surface area contributed by atoms with Crippen molar-refractivity contribution >= 4 is 15.9 Å². The molecule has 0 radical (unpaired) electrons. The van der Waals surface area contributed by atoms with E-state index in [1.807, 2.05) is 0 Å². The molecule has 0 aromatic heterocycles. The molecule has 1 aliphatic heterocycles. The first-order valence-corrected chi connectivity index (χ1v) is 10.0. The van der Waals surface area contributed by atoms with Crippen LogP contribution in [0.4, 0.5) is 4.39 Å². The fraction of sp³-hybridized carbons (Fsp3) is 0.588. The molecule has 1 unspecified atom stereocenters. The van der Waals surface area contributed by atoms with Crippen LogP contribution in [0.15, 0.2) is 24.3 Å². The molecule has 2 rings (SSSR count). The number of benzene rings is 1. The highest BCUT2D eigenvalue weighted by Crippen LogP contribution is 2.19. The fourth-order valence-electron chi connectivity index (χ4n) is 2.85. The van der Waals surface area contributed by atoms with E-state index in [2.05, 4.69) is 5.32 Å². The Bertz CT molecular complexity index is 664. The van der Waals surface area contributed by atoms with E-state index in [0.717, 1.165) is 5.56 Å². The van der Waals surface area contributed by atoms with Gasteiger partial charge in [-0.15, -0.1) is 0 Å². The lowest BCUT2D eigenvalue weighted by Gasteiger charge is -2.31. The molecule has 6 nitrogen and oxygen atoms in total. The Morgan fingerprint density at radius 2 is 2.08 bits per heavy atom. The molecule has 1 amide bonds. The van der Waals surface area contributed by atoms with Gasteiger partial charge in [-0.1, -0.05) is 12.1 Å². The monoisotopic (exact) mass is 372 g/mol. The number of piperidine rings is 1. The molecule has 1 aromatic rings. The van der Waals surface area contributed by atoms with E-state index in [4.69, 9.17) is 4.74 Å². The Kier molecular flexibility index (Phi) is 7.34. The summed E-state index contributed by atoms with van der Waals surface area (Å²) in [5, 5.41) is 2.85. The Labute approximate surface area is 148 Å². The van der Waals surface area contributed by atoms with Gasteiger partial charge in [-0.2, -0.15) is 0 Å². The molecule has 25 heavy (non-hydrogen) atoms. The quantitative estimate of drug-likeness (QED) is 0.743. The van der Waals surface area contributed by atoms with Crippen LogP contribution < -0.4 is 5.32 Å². The molecular weight excluding hydrogens is 347 g/mol. The van der Waals surface area contributed by atoms with Crippen molar-refractivity contribution in [1.29, 1.82) is 0 Å². The summed E-state index contributed by atoms with van der Waals surface area (Å²) in [5.41, 5.74) is 0.939. The van der Waals surface area contributed by atoms with E-state index in [1.165, 1.54) is 23.5 Å². The average molecular weight is 372 g/mol. The molecule has 1 saturated heterocycles. The third-order valence-electron chi connectivity index (χ3n) is 4.32. The van der Waals surface area contributed by atoms with Gasteiger partial charge in [-0.25, -0.2) is 17.1 Å². The van der Waals surface area contributed by atoms with Crippen LogP contribution in [0.5, 0.6) is 0 Å². The van der Waals surface area contributed by atoms with E-state index in [0.29, 0.717) is 32.4 Å². The van der Waals surface area contributed by atoms with Crippen LogP contribution in [-0.2, 0) is 26.0 Å². The molecule has 8 heteroatoms. The minimum Gasteiger partial charge on any atom is -0.384 e. The molecule has 0 saturated carbocycles. The number of sulfonamides is 1. The Morgan fingerprint density at radius 3 is 2.76 bits per heavy atom. The normalized spacial score (nSPS) is 18.9. The number of carbonyl (C=O) groups is 1. The van der Waals surface area contributed by atoms with E-state index < -0.39 is 10.0 Å². The number of nitrogens with one attached hydrogen (secondary N) is 1. The van der Waals surface area contributed by atoms with E-state index >= 15 is 0 Å². The summed E-state index contributed by atoms with van der Waals surface area (Å²) in [4.78, 5) is 12.3. The molecule has 140 valence electrons. The van der Waals surface area contributed by atoms with Gasteiger partial charge in [0.25, 0.3) is 0 Å². The smallest absolute Gasteiger partial charge is 0.224 e. The number of carbonyl (C=O) groups excluding carboxylic acids is 1. The zero-order valence-electron chi connectivity index (χ0n) is 14.4. The number of rotatable bonds is 8. The topological polar surface area (TPSA) is 75.7 Å². The molecule has 0 aliphatic carbocycles. The SMILES string of the molecule is COCCS(=O)(=O)N1CCCC(C(=O)NCCc2ccc(F)cc2)C1. The van der Waals surface area contributed by atoms with Gasteiger partial charge in [0, 0.05) is 26.7 Å². The summed E-state index contributed by atoms with van der Waals surface area (Å²) < 4.78 is 43.5. The van der Waals surface area contributed by atoms with Crippen molar-refractivity contribution in [2.45, 2.75) is 19.3 Å². The summed E-state index contributed by atoms with van der Waals surface area (Å²) in [6.07, 6.45) is 1.95. The van der Waals surface area contributed by atoms with Crippen LogP contribution in [0.2, 0.25) is 0 Å². The van der Waals surface area contributed by atoms with Gasteiger partial charge in [0.05, 0.1) is 18.3 Å². The van der Waals surface area contributed by atoms with Crippen molar-refractivity contribution in [2.24, 2.45) is 5.92 Å². The molecule has 1 fully saturated rings. The zero-order valence-corrected chi connectivity index (χ0v) is 15.2. The lowest BCUT2D eigenvalue weighted by molar-refractivity contribution is -0.126. The summed E-state index contributed by atoms with van der Waals surface area (Å²) in [7, 11) is -1.93. The second-order valence-electron chi connectivity index (χ2n) is 6.17. The lowest BCUT2D eigenvalue weighted by Crippen LogP contribution is -2.46. The molecule has 0 bridgehead atoms. The van der Waals surface area contributed by atoms with Gasteiger partial charge in [-0.3, -0.25) is 4.79 Å². The van der Waals surface area contributed by atoms with Crippen LogP contribution in [0.25, 0.3) is 0 Å². The minimum absolute atomic E-state index is 0.0671. The highest BCUT2D eigenvalue weighted by molar-refractivity contribution is 7.89. The van der Waals surface area contributed by atoms with Gasteiger partial charge in [0.1, 0.15) is 5.82 Å². The number of ether oxygens (including phenoxy) is 1. The summed E-state index contributed by atoms with van der Waals surface area (Å²) in [6, 6.07) is 6.15. The third-order valence-corrected chi connectivity index (χ3v) is 6.12. The number of nitrogens with zero attached hydrogens (tertiary/aromatic N) is 1. The average Bonchev–Trinajstić information content (AvgIpc) is 2.61. The maximum Gasteiger partial charge on any atom is 0.224 e. The highest BCUT2D eigenvalue weighted by Gasteiger charge is 2.31. The maximum atomic E-state index is 12.9.